The Hall–Kier alpha value is -2.27. The van der Waals surface area contributed by atoms with Gasteiger partial charge in [0.2, 0.25) is 0 Å². The van der Waals surface area contributed by atoms with Gasteiger partial charge in [-0.2, -0.15) is 0 Å². The minimum absolute atomic E-state index is 0.0897. The number of anilines is 1. The van der Waals surface area contributed by atoms with Crippen molar-refractivity contribution in [3.8, 4) is 0 Å². The van der Waals surface area contributed by atoms with Gasteiger partial charge in [-0.3, -0.25) is 4.90 Å². The van der Waals surface area contributed by atoms with Crippen LogP contribution < -0.4 is 10.6 Å². The Bertz CT molecular complexity index is 592. The summed E-state index contributed by atoms with van der Waals surface area (Å²) in [5.41, 5.74) is 0.789. The van der Waals surface area contributed by atoms with Gasteiger partial charge in [-0.1, -0.05) is 24.6 Å². The molecule has 1 aromatic heterocycles. The quantitative estimate of drug-likeness (QED) is 0.886. The molecule has 5 heteroatoms. The summed E-state index contributed by atoms with van der Waals surface area (Å²) in [4.78, 5) is 14.5. The number of likely N-dealkylation sites (tertiary alicyclic amines) is 1. The van der Waals surface area contributed by atoms with Gasteiger partial charge in [-0.25, -0.2) is 4.79 Å². The van der Waals surface area contributed by atoms with Crippen LogP contribution in [0, 0.1) is 0 Å². The minimum Gasteiger partial charge on any atom is -0.468 e. The first-order valence-electron chi connectivity index (χ1n) is 8.20. The predicted molar refractivity (Wildman–Crippen MR) is 90.3 cm³/mol. The van der Waals surface area contributed by atoms with E-state index in [0.717, 1.165) is 24.5 Å². The molecule has 0 spiro atoms. The van der Waals surface area contributed by atoms with Crippen molar-refractivity contribution in [2.75, 3.05) is 25.0 Å². The Morgan fingerprint density at radius 3 is 2.57 bits per heavy atom. The summed E-state index contributed by atoms with van der Waals surface area (Å²) < 4.78 is 5.59. The van der Waals surface area contributed by atoms with Gasteiger partial charge in [0.15, 0.2) is 0 Å². The third kappa shape index (κ3) is 4.36. The number of amides is 2. The molecule has 1 aliphatic rings. The fourth-order valence-corrected chi connectivity index (χ4v) is 3.01. The molecular weight excluding hydrogens is 290 g/mol. The third-order valence-electron chi connectivity index (χ3n) is 4.19. The standard InChI is InChI=1S/C18H23N3O2/c22-18(20-15-8-3-1-4-9-15)19-14-16(17-10-7-13-23-17)21-11-5-2-6-12-21/h1,3-4,7-10,13,16H,2,5-6,11-12,14H2,(H2,19,20,22). The van der Waals surface area contributed by atoms with Crippen LogP contribution in [0.1, 0.15) is 31.1 Å². The smallest absolute Gasteiger partial charge is 0.319 e. The lowest BCUT2D eigenvalue weighted by Crippen LogP contribution is -2.41. The Labute approximate surface area is 136 Å². The summed E-state index contributed by atoms with van der Waals surface area (Å²) in [5.74, 6) is 0.909. The van der Waals surface area contributed by atoms with Crippen molar-refractivity contribution in [3.05, 3.63) is 54.5 Å². The van der Waals surface area contributed by atoms with E-state index in [0.29, 0.717) is 6.54 Å². The van der Waals surface area contributed by atoms with Crippen molar-refractivity contribution in [3.63, 3.8) is 0 Å². The van der Waals surface area contributed by atoms with E-state index in [2.05, 4.69) is 15.5 Å². The summed E-state index contributed by atoms with van der Waals surface area (Å²) >= 11 is 0. The second-order valence-corrected chi connectivity index (χ2v) is 5.83. The van der Waals surface area contributed by atoms with Crippen molar-refractivity contribution in [2.24, 2.45) is 0 Å². The molecule has 0 bridgehead atoms. The number of nitrogens with zero attached hydrogens (tertiary/aromatic N) is 1. The number of hydrogen-bond acceptors (Lipinski definition) is 3. The third-order valence-corrected chi connectivity index (χ3v) is 4.19. The molecule has 1 atom stereocenters. The van der Waals surface area contributed by atoms with Crippen LogP contribution in [0.25, 0.3) is 0 Å². The first kappa shape index (κ1) is 15.6. The zero-order valence-electron chi connectivity index (χ0n) is 13.2. The topological polar surface area (TPSA) is 57.5 Å². The van der Waals surface area contributed by atoms with Gasteiger partial charge in [0.25, 0.3) is 0 Å². The molecule has 122 valence electrons. The summed E-state index contributed by atoms with van der Waals surface area (Å²) in [6, 6.07) is 13.2. The van der Waals surface area contributed by atoms with Crippen LogP contribution in [0.2, 0.25) is 0 Å². The highest BCUT2D eigenvalue weighted by Crippen LogP contribution is 2.24. The van der Waals surface area contributed by atoms with E-state index >= 15 is 0 Å². The maximum atomic E-state index is 12.1. The second-order valence-electron chi connectivity index (χ2n) is 5.83. The first-order chi connectivity index (χ1) is 11.3. The van der Waals surface area contributed by atoms with Crippen LogP contribution in [0.4, 0.5) is 10.5 Å². The average molecular weight is 313 g/mol. The van der Waals surface area contributed by atoms with E-state index in [9.17, 15) is 4.79 Å². The second kappa shape index (κ2) is 7.83. The van der Waals surface area contributed by atoms with Gasteiger partial charge in [0.1, 0.15) is 5.76 Å². The molecular formula is C18H23N3O2. The molecule has 1 fully saturated rings. The molecule has 3 rings (SSSR count). The summed E-state index contributed by atoms with van der Waals surface area (Å²) in [6.07, 6.45) is 5.38. The number of benzene rings is 1. The Kier molecular flexibility index (Phi) is 5.32. The summed E-state index contributed by atoms with van der Waals surface area (Å²) in [6.45, 7) is 2.63. The molecule has 2 amide bonds. The number of urea groups is 1. The Balaban J connectivity index is 1.59. The summed E-state index contributed by atoms with van der Waals surface area (Å²) in [7, 11) is 0. The lowest BCUT2D eigenvalue weighted by Gasteiger charge is -2.33. The fraction of sp³-hybridized carbons (Fsp3) is 0.389. The predicted octanol–water partition coefficient (Wildman–Crippen LogP) is 3.63. The molecule has 1 aromatic carbocycles. The number of rotatable bonds is 5. The molecule has 1 unspecified atom stereocenters. The monoisotopic (exact) mass is 313 g/mol. The van der Waals surface area contributed by atoms with Crippen LogP contribution in [0.15, 0.2) is 53.1 Å². The van der Waals surface area contributed by atoms with E-state index in [1.165, 1.54) is 19.3 Å². The first-order valence-corrected chi connectivity index (χ1v) is 8.20. The van der Waals surface area contributed by atoms with Crippen LogP contribution in [0.5, 0.6) is 0 Å². The van der Waals surface area contributed by atoms with Gasteiger partial charge in [-0.05, 0) is 50.2 Å². The SMILES string of the molecule is O=C(NCC(c1ccco1)N1CCCCC1)Nc1ccccc1. The molecule has 2 N–H and O–H groups in total. The van der Waals surface area contributed by atoms with Crippen LogP contribution in [-0.2, 0) is 0 Å². The summed E-state index contributed by atoms with van der Waals surface area (Å²) in [5, 5.41) is 5.81. The zero-order valence-corrected chi connectivity index (χ0v) is 13.2. The van der Waals surface area contributed by atoms with E-state index in [1.54, 1.807) is 6.26 Å². The van der Waals surface area contributed by atoms with Crippen molar-refractivity contribution >= 4 is 11.7 Å². The molecule has 23 heavy (non-hydrogen) atoms. The minimum atomic E-state index is -0.190. The molecule has 5 nitrogen and oxygen atoms in total. The highest BCUT2D eigenvalue weighted by atomic mass is 16.3. The lowest BCUT2D eigenvalue weighted by molar-refractivity contribution is 0.144. The van der Waals surface area contributed by atoms with Gasteiger partial charge >= 0.3 is 6.03 Å². The van der Waals surface area contributed by atoms with Gasteiger partial charge in [0, 0.05) is 12.2 Å². The van der Waals surface area contributed by atoms with Gasteiger partial charge < -0.3 is 15.1 Å². The number of hydrogen-bond donors (Lipinski definition) is 2. The molecule has 0 radical (unpaired) electrons. The van der Waals surface area contributed by atoms with E-state index in [1.807, 2.05) is 42.5 Å². The number of nitrogens with one attached hydrogen (secondary N) is 2. The normalized spacial score (nSPS) is 16.7. The molecule has 1 aliphatic heterocycles. The van der Waals surface area contributed by atoms with E-state index < -0.39 is 0 Å². The van der Waals surface area contributed by atoms with Crippen LogP contribution in [0.3, 0.4) is 0 Å². The van der Waals surface area contributed by atoms with Crippen molar-refractivity contribution in [1.29, 1.82) is 0 Å². The number of carbonyl (C=O) groups excluding carboxylic acids is 1. The Morgan fingerprint density at radius 1 is 1.09 bits per heavy atom. The average Bonchev–Trinajstić information content (AvgIpc) is 3.11. The fourth-order valence-electron chi connectivity index (χ4n) is 3.01. The highest BCUT2D eigenvalue weighted by molar-refractivity contribution is 5.89. The Morgan fingerprint density at radius 2 is 1.87 bits per heavy atom. The molecule has 0 aliphatic carbocycles. The number of para-hydroxylation sites is 1. The molecule has 2 heterocycles. The van der Waals surface area contributed by atoms with E-state index in [-0.39, 0.29) is 12.1 Å². The number of piperidine rings is 1. The largest absolute Gasteiger partial charge is 0.468 e. The number of carbonyl (C=O) groups is 1. The highest BCUT2D eigenvalue weighted by Gasteiger charge is 2.24. The van der Waals surface area contributed by atoms with E-state index in [4.69, 9.17) is 4.42 Å². The van der Waals surface area contributed by atoms with Crippen molar-refractivity contribution in [1.82, 2.24) is 10.2 Å². The van der Waals surface area contributed by atoms with Crippen molar-refractivity contribution in [2.45, 2.75) is 25.3 Å². The van der Waals surface area contributed by atoms with Gasteiger partial charge in [0.05, 0.1) is 12.3 Å². The van der Waals surface area contributed by atoms with Crippen LogP contribution >= 0.6 is 0 Å². The number of furan rings is 1. The van der Waals surface area contributed by atoms with Crippen molar-refractivity contribution < 1.29 is 9.21 Å². The lowest BCUT2D eigenvalue weighted by atomic mass is 10.1. The molecule has 2 aromatic rings. The molecule has 1 saturated heterocycles. The molecule has 0 saturated carbocycles. The zero-order chi connectivity index (χ0) is 15.9. The van der Waals surface area contributed by atoms with Crippen LogP contribution in [-0.4, -0.2) is 30.6 Å². The van der Waals surface area contributed by atoms with Gasteiger partial charge in [-0.15, -0.1) is 0 Å². The maximum absolute atomic E-state index is 12.1. The maximum Gasteiger partial charge on any atom is 0.319 e.